The maximum Gasteiger partial charge on any atom is 0.293 e. The Bertz CT molecular complexity index is 487. The number of hydrogen-bond donors (Lipinski definition) is 0. The predicted octanol–water partition coefficient (Wildman–Crippen LogP) is 4.60. The van der Waals surface area contributed by atoms with Gasteiger partial charge in [0, 0.05) is 6.42 Å². The molecular weight excluding hydrogens is 280 g/mol. The minimum Gasteiger partial charge on any atom is -0.545 e. The van der Waals surface area contributed by atoms with Gasteiger partial charge in [0.1, 0.15) is 6.10 Å². The first-order chi connectivity index (χ1) is 9.96. The van der Waals surface area contributed by atoms with E-state index in [1.807, 2.05) is 55.5 Å². The lowest BCUT2D eigenvalue weighted by atomic mass is 10.1. The SMILES string of the molecule is C/C=C(\C=C\C[C@@H](OC=O)c1ccccc1)O[Si](C)(C)C. The van der Waals surface area contributed by atoms with Gasteiger partial charge in [0.25, 0.3) is 6.47 Å². The average Bonchev–Trinajstić information content (AvgIpc) is 2.45. The second-order valence-electron chi connectivity index (χ2n) is 5.68. The molecule has 0 aromatic heterocycles. The number of ether oxygens (including phenoxy) is 1. The Morgan fingerprint density at radius 3 is 2.43 bits per heavy atom. The molecule has 1 aromatic carbocycles. The highest BCUT2D eigenvalue weighted by atomic mass is 28.4. The number of hydrogen-bond acceptors (Lipinski definition) is 3. The van der Waals surface area contributed by atoms with Crippen LogP contribution in [0.3, 0.4) is 0 Å². The maximum atomic E-state index is 10.7. The highest BCUT2D eigenvalue weighted by molar-refractivity contribution is 6.70. The van der Waals surface area contributed by atoms with Crippen molar-refractivity contribution in [3.05, 3.63) is 59.9 Å². The van der Waals surface area contributed by atoms with E-state index in [9.17, 15) is 4.79 Å². The summed E-state index contributed by atoms with van der Waals surface area (Å²) >= 11 is 0. The van der Waals surface area contributed by atoms with Gasteiger partial charge in [-0.1, -0.05) is 36.4 Å². The summed E-state index contributed by atoms with van der Waals surface area (Å²) in [6.07, 6.45) is 6.24. The molecule has 0 radical (unpaired) electrons. The molecule has 0 unspecified atom stereocenters. The van der Waals surface area contributed by atoms with Gasteiger partial charge >= 0.3 is 0 Å². The van der Waals surface area contributed by atoms with Crippen LogP contribution in [-0.4, -0.2) is 14.8 Å². The van der Waals surface area contributed by atoms with E-state index in [4.69, 9.17) is 9.16 Å². The van der Waals surface area contributed by atoms with Crippen LogP contribution in [0, 0.1) is 0 Å². The smallest absolute Gasteiger partial charge is 0.293 e. The summed E-state index contributed by atoms with van der Waals surface area (Å²) in [5.74, 6) is 0.868. The molecule has 114 valence electrons. The fourth-order valence-corrected chi connectivity index (χ4v) is 2.75. The highest BCUT2D eigenvalue weighted by Gasteiger charge is 2.16. The molecule has 0 aliphatic heterocycles. The first kappa shape index (κ1) is 17.2. The normalized spacial score (nSPS) is 14.0. The molecule has 0 fully saturated rings. The van der Waals surface area contributed by atoms with Gasteiger partial charge in [-0.15, -0.1) is 0 Å². The summed E-state index contributed by atoms with van der Waals surface area (Å²) < 4.78 is 11.1. The van der Waals surface area contributed by atoms with Crippen molar-refractivity contribution in [1.82, 2.24) is 0 Å². The monoisotopic (exact) mass is 304 g/mol. The zero-order valence-electron chi connectivity index (χ0n) is 13.2. The Morgan fingerprint density at radius 2 is 1.90 bits per heavy atom. The maximum absolute atomic E-state index is 10.7. The summed E-state index contributed by atoms with van der Waals surface area (Å²) in [5, 5.41) is 0. The van der Waals surface area contributed by atoms with Crippen LogP contribution in [0.2, 0.25) is 19.6 Å². The fraction of sp³-hybridized carbons (Fsp3) is 0.353. The zero-order valence-corrected chi connectivity index (χ0v) is 14.2. The Hall–Kier alpha value is -1.81. The molecule has 0 heterocycles. The molecule has 0 N–H and O–H groups in total. The van der Waals surface area contributed by atoms with Crippen molar-refractivity contribution in [2.75, 3.05) is 0 Å². The van der Waals surface area contributed by atoms with E-state index in [0.29, 0.717) is 12.9 Å². The number of benzene rings is 1. The van der Waals surface area contributed by atoms with Gasteiger partial charge in [-0.3, -0.25) is 4.79 Å². The summed E-state index contributed by atoms with van der Waals surface area (Å²) in [6.45, 7) is 8.89. The lowest BCUT2D eigenvalue weighted by molar-refractivity contribution is -0.133. The molecule has 4 heteroatoms. The minimum absolute atomic E-state index is 0.259. The van der Waals surface area contributed by atoms with Crippen molar-refractivity contribution in [3.63, 3.8) is 0 Å². The van der Waals surface area contributed by atoms with Crippen LogP contribution >= 0.6 is 0 Å². The molecule has 0 aliphatic rings. The van der Waals surface area contributed by atoms with Crippen LogP contribution in [0.4, 0.5) is 0 Å². The number of rotatable bonds is 8. The topological polar surface area (TPSA) is 35.5 Å². The van der Waals surface area contributed by atoms with Gasteiger partial charge in [0.2, 0.25) is 8.32 Å². The largest absolute Gasteiger partial charge is 0.545 e. The first-order valence-corrected chi connectivity index (χ1v) is 10.5. The number of allylic oxidation sites excluding steroid dienone is 2. The van der Waals surface area contributed by atoms with E-state index in [1.165, 1.54) is 0 Å². The van der Waals surface area contributed by atoms with E-state index in [2.05, 4.69) is 19.6 Å². The van der Waals surface area contributed by atoms with Crippen molar-refractivity contribution in [1.29, 1.82) is 0 Å². The second-order valence-corrected chi connectivity index (χ2v) is 10.1. The zero-order chi connectivity index (χ0) is 15.7. The lowest BCUT2D eigenvalue weighted by Gasteiger charge is -2.20. The Morgan fingerprint density at radius 1 is 1.24 bits per heavy atom. The van der Waals surface area contributed by atoms with Crippen LogP contribution in [0.1, 0.15) is 25.0 Å². The molecule has 0 aliphatic carbocycles. The Balaban J connectivity index is 2.69. The van der Waals surface area contributed by atoms with Crippen LogP contribution in [-0.2, 0) is 14.0 Å². The van der Waals surface area contributed by atoms with Crippen molar-refractivity contribution in [2.45, 2.75) is 39.1 Å². The molecule has 1 rings (SSSR count). The third-order valence-corrected chi connectivity index (χ3v) is 3.58. The second kappa shape index (κ2) is 8.47. The molecule has 21 heavy (non-hydrogen) atoms. The van der Waals surface area contributed by atoms with Crippen LogP contribution in [0.25, 0.3) is 0 Å². The van der Waals surface area contributed by atoms with Crippen molar-refractivity contribution in [2.24, 2.45) is 0 Å². The standard InChI is InChI=1S/C17H24O3Si/c1-5-16(20-21(2,3)4)12-9-13-17(19-14-18)15-10-7-6-8-11-15/h5-12,14,17H,13H2,1-4H3/b12-9+,16-5+/t17-/m1/s1. The van der Waals surface area contributed by atoms with Crippen molar-refractivity contribution in [3.8, 4) is 0 Å². The summed E-state index contributed by atoms with van der Waals surface area (Å²) in [4.78, 5) is 10.7. The van der Waals surface area contributed by atoms with Crippen LogP contribution in [0.15, 0.2) is 54.3 Å². The average molecular weight is 304 g/mol. The Labute approximate surface area is 128 Å². The van der Waals surface area contributed by atoms with E-state index < -0.39 is 8.32 Å². The van der Waals surface area contributed by atoms with Crippen LogP contribution in [0.5, 0.6) is 0 Å². The molecule has 3 nitrogen and oxygen atoms in total. The van der Waals surface area contributed by atoms with E-state index in [1.54, 1.807) is 0 Å². The van der Waals surface area contributed by atoms with Crippen molar-refractivity contribution < 1.29 is 14.0 Å². The van der Waals surface area contributed by atoms with Gasteiger partial charge in [-0.05, 0) is 44.3 Å². The summed E-state index contributed by atoms with van der Waals surface area (Å²) in [5.41, 5.74) is 0.988. The molecular formula is C17H24O3Si. The van der Waals surface area contributed by atoms with Gasteiger partial charge < -0.3 is 9.16 Å². The minimum atomic E-state index is -1.60. The fourth-order valence-electron chi connectivity index (χ4n) is 1.86. The Kier molecular flexibility index (Phi) is 6.95. The van der Waals surface area contributed by atoms with Gasteiger partial charge in [0.05, 0.1) is 5.76 Å². The van der Waals surface area contributed by atoms with E-state index in [0.717, 1.165) is 11.3 Å². The van der Waals surface area contributed by atoms with Crippen molar-refractivity contribution >= 4 is 14.8 Å². The highest BCUT2D eigenvalue weighted by Crippen LogP contribution is 2.21. The first-order valence-electron chi connectivity index (χ1n) is 7.12. The van der Waals surface area contributed by atoms with Gasteiger partial charge in [0.15, 0.2) is 0 Å². The summed E-state index contributed by atoms with van der Waals surface area (Å²) in [6, 6.07) is 9.73. The molecule has 0 saturated carbocycles. The molecule has 0 saturated heterocycles. The lowest BCUT2D eigenvalue weighted by Crippen LogP contribution is -2.24. The van der Waals surface area contributed by atoms with E-state index in [-0.39, 0.29) is 6.10 Å². The molecule has 0 spiro atoms. The van der Waals surface area contributed by atoms with Gasteiger partial charge in [-0.2, -0.15) is 0 Å². The molecule has 1 atom stereocenters. The predicted molar refractivity (Wildman–Crippen MR) is 88.3 cm³/mol. The summed E-state index contributed by atoms with van der Waals surface area (Å²) in [7, 11) is -1.60. The number of carbonyl (C=O) groups excluding carboxylic acids is 1. The molecule has 0 amide bonds. The molecule has 1 aromatic rings. The molecule has 0 bridgehead atoms. The third kappa shape index (κ3) is 6.95. The third-order valence-electron chi connectivity index (χ3n) is 2.73. The number of carbonyl (C=O) groups is 1. The quantitative estimate of drug-likeness (QED) is 0.305. The van der Waals surface area contributed by atoms with Crippen LogP contribution < -0.4 is 0 Å². The van der Waals surface area contributed by atoms with E-state index >= 15 is 0 Å². The van der Waals surface area contributed by atoms with Gasteiger partial charge in [-0.25, -0.2) is 0 Å².